The fraction of sp³-hybridized carbons (Fsp3) is 0.692. The summed E-state index contributed by atoms with van der Waals surface area (Å²) in [7, 11) is 0. The third-order valence-electron chi connectivity index (χ3n) is 3.82. The first-order valence-electron chi connectivity index (χ1n) is 6.13. The summed E-state index contributed by atoms with van der Waals surface area (Å²) in [6.45, 7) is 0. The van der Waals surface area contributed by atoms with Crippen LogP contribution in [0.1, 0.15) is 51.4 Å². The molecule has 2 heteroatoms. The van der Waals surface area contributed by atoms with E-state index in [1.54, 1.807) is 5.57 Å². The summed E-state index contributed by atoms with van der Waals surface area (Å²) in [5.41, 5.74) is 3.06. The second-order valence-corrected chi connectivity index (χ2v) is 5.49. The van der Waals surface area contributed by atoms with Gasteiger partial charge in [0.15, 0.2) is 0 Å². The lowest BCUT2D eigenvalue weighted by Crippen LogP contribution is -2.20. The summed E-state index contributed by atoms with van der Waals surface area (Å²) in [6, 6.07) is 0. The van der Waals surface area contributed by atoms with Crippen LogP contribution in [0.2, 0.25) is 0 Å². The molecule has 15 heavy (non-hydrogen) atoms. The molecule has 1 aliphatic heterocycles. The molecule has 1 atom stereocenters. The maximum absolute atomic E-state index is 6.08. The first-order chi connectivity index (χ1) is 7.34. The Morgan fingerprint density at radius 2 is 1.80 bits per heavy atom. The summed E-state index contributed by atoms with van der Waals surface area (Å²) in [4.78, 5) is 0. The van der Waals surface area contributed by atoms with E-state index < -0.39 is 0 Å². The standard InChI is InChI=1S/C13H18OS/c15-13-7-3-6-12-10(13)8-9-4-1-2-5-11(9)14-12/h13,15H,1-8H2. The number of allylic oxidation sites excluding steroid dienone is 3. The summed E-state index contributed by atoms with van der Waals surface area (Å²) in [6.07, 6.45) is 9.87. The van der Waals surface area contributed by atoms with Crippen molar-refractivity contribution >= 4 is 12.6 Å². The first kappa shape index (κ1) is 9.83. The van der Waals surface area contributed by atoms with Crippen LogP contribution in [0.25, 0.3) is 0 Å². The molecule has 2 aliphatic carbocycles. The maximum atomic E-state index is 6.08. The Kier molecular flexibility index (Phi) is 2.55. The lowest BCUT2D eigenvalue weighted by molar-refractivity contribution is 0.234. The maximum Gasteiger partial charge on any atom is 0.104 e. The molecule has 0 aromatic carbocycles. The van der Waals surface area contributed by atoms with Gasteiger partial charge in [-0.3, -0.25) is 0 Å². The quantitative estimate of drug-likeness (QED) is 0.610. The van der Waals surface area contributed by atoms with Gasteiger partial charge in [-0.05, 0) is 49.7 Å². The van der Waals surface area contributed by atoms with E-state index in [1.165, 1.54) is 62.0 Å². The first-order valence-corrected chi connectivity index (χ1v) is 6.65. The highest BCUT2D eigenvalue weighted by molar-refractivity contribution is 7.81. The van der Waals surface area contributed by atoms with Crippen LogP contribution in [-0.4, -0.2) is 5.25 Å². The van der Waals surface area contributed by atoms with Gasteiger partial charge in [-0.15, -0.1) is 0 Å². The van der Waals surface area contributed by atoms with Crippen molar-refractivity contribution in [2.45, 2.75) is 56.6 Å². The van der Waals surface area contributed by atoms with Gasteiger partial charge in [-0.2, -0.15) is 12.6 Å². The van der Waals surface area contributed by atoms with Crippen molar-refractivity contribution in [3.05, 3.63) is 22.7 Å². The molecule has 1 heterocycles. The largest absolute Gasteiger partial charge is 0.466 e. The van der Waals surface area contributed by atoms with Crippen LogP contribution in [0.5, 0.6) is 0 Å². The lowest BCUT2D eigenvalue weighted by Gasteiger charge is -2.33. The molecule has 1 nitrogen and oxygen atoms in total. The highest BCUT2D eigenvalue weighted by atomic mass is 32.1. The van der Waals surface area contributed by atoms with E-state index in [9.17, 15) is 0 Å². The van der Waals surface area contributed by atoms with E-state index in [0.717, 1.165) is 6.42 Å². The average Bonchev–Trinajstić information content (AvgIpc) is 2.27. The second kappa shape index (κ2) is 3.89. The Labute approximate surface area is 97.0 Å². The van der Waals surface area contributed by atoms with Crippen LogP contribution in [0.3, 0.4) is 0 Å². The Morgan fingerprint density at radius 3 is 2.73 bits per heavy atom. The third-order valence-corrected chi connectivity index (χ3v) is 4.39. The summed E-state index contributed by atoms with van der Waals surface area (Å²) in [5.74, 6) is 2.57. The summed E-state index contributed by atoms with van der Waals surface area (Å²) < 4.78 is 6.08. The van der Waals surface area contributed by atoms with Crippen molar-refractivity contribution in [1.82, 2.24) is 0 Å². The van der Waals surface area contributed by atoms with Gasteiger partial charge in [0.05, 0.1) is 0 Å². The fourth-order valence-electron chi connectivity index (χ4n) is 2.94. The monoisotopic (exact) mass is 222 g/mol. The van der Waals surface area contributed by atoms with Crippen molar-refractivity contribution in [2.24, 2.45) is 0 Å². The minimum absolute atomic E-state index is 0.463. The van der Waals surface area contributed by atoms with Gasteiger partial charge in [0.25, 0.3) is 0 Å². The predicted octanol–water partition coefficient (Wildman–Crippen LogP) is 3.97. The topological polar surface area (TPSA) is 9.23 Å². The Hall–Kier alpha value is -0.370. The molecule has 0 radical (unpaired) electrons. The molecule has 0 fully saturated rings. The second-order valence-electron chi connectivity index (χ2n) is 4.87. The van der Waals surface area contributed by atoms with E-state index in [4.69, 9.17) is 4.74 Å². The number of hydrogen-bond acceptors (Lipinski definition) is 2. The van der Waals surface area contributed by atoms with Crippen molar-refractivity contribution in [2.75, 3.05) is 0 Å². The fourth-order valence-corrected chi connectivity index (χ4v) is 3.36. The minimum Gasteiger partial charge on any atom is -0.466 e. The molecule has 0 bridgehead atoms. The number of hydrogen-bond donors (Lipinski definition) is 1. The van der Waals surface area contributed by atoms with Crippen LogP contribution in [0.4, 0.5) is 0 Å². The molecular formula is C13H18OS. The molecule has 1 unspecified atom stereocenters. The molecule has 3 rings (SSSR count). The Morgan fingerprint density at radius 1 is 1.00 bits per heavy atom. The molecule has 3 aliphatic rings. The van der Waals surface area contributed by atoms with Crippen molar-refractivity contribution in [3.8, 4) is 0 Å². The molecule has 0 aromatic heterocycles. The van der Waals surface area contributed by atoms with Gasteiger partial charge in [0.1, 0.15) is 11.5 Å². The highest BCUT2D eigenvalue weighted by Crippen LogP contribution is 2.42. The minimum atomic E-state index is 0.463. The molecule has 82 valence electrons. The zero-order valence-electron chi connectivity index (χ0n) is 9.09. The van der Waals surface area contributed by atoms with Gasteiger partial charge in [0.2, 0.25) is 0 Å². The summed E-state index contributed by atoms with van der Waals surface area (Å²) in [5, 5.41) is 0.463. The average molecular weight is 222 g/mol. The number of thiol groups is 1. The van der Waals surface area contributed by atoms with E-state index in [2.05, 4.69) is 12.6 Å². The van der Waals surface area contributed by atoms with Gasteiger partial charge in [0, 0.05) is 18.1 Å². The van der Waals surface area contributed by atoms with Crippen LogP contribution in [-0.2, 0) is 4.74 Å². The van der Waals surface area contributed by atoms with Crippen molar-refractivity contribution in [1.29, 1.82) is 0 Å². The third kappa shape index (κ3) is 1.73. The van der Waals surface area contributed by atoms with E-state index in [1.807, 2.05) is 0 Å². The zero-order valence-corrected chi connectivity index (χ0v) is 9.98. The highest BCUT2D eigenvalue weighted by Gasteiger charge is 2.29. The van der Waals surface area contributed by atoms with Crippen LogP contribution < -0.4 is 0 Å². The SMILES string of the molecule is SC1CCCC2=C1CC1=C(CCCC1)O2. The Balaban J connectivity index is 1.87. The lowest BCUT2D eigenvalue weighted by atomic mass is 9.85. The summed E-state index contributed by atoms with van der Waals surface area (Å²) >= 11 is 4.68. The van der Waals surface area contributed by atoms with E-state index >= 15 is 0 Å². The van der Waals surface area contributed by atoms with Gasteiger partial charge < -0.3 is 4.74 Å². The number of rotatable bonds is 0. The van der Waals surface area contributed by atoms with Crippen LogP contribution in [0.15, 0.2) is 22.7 Å². The Bertz CT molecular complexity index is 340. The molecule has 0 spiro atoms. The molecule has 0 saturated heterocycles. The van der Waals surface area contributed by atoms with Crippen molar-refractivity contribution in [3.63, 3.8) is 0 Å². The molecule has 0 N–H and O–H groups in total. The van der Waals surface area contributed by atoms with Crippen molar-refractivity contribution < 1.29 is 4.74 Å². The van der Waals surface area contributed by atoms with Gasteiger partial charge in [-0.1, -0.05) is 0 Å². The molecular weight excluding hydrogens is 204 g/mol. The van der Waals surface area contributed by atoms with Crippen LogP contribution >= 0.6 is 12.6 Å². The van der Waals surface area contributed by atoms with Gasteiger partial charge in [-0.25, -0.2) is 0 Å². The molecule has 0 aromatic rings. The predicted molar refractivity (Wildman–Crippen MR) is 64.8 cm³/mol. The van der Waals surface area contributed by atoms with E-state index in [-0.39, 0.29) is 0 Å². The molecule has 0 amide bonds. The molecule has 0 saturated carbocycles. The van der Waals surface area contributed by atoms with Gasteiger partial charge >= 0.3 is 0 Å². The number of ether oxygens (including phenoxy) is 1. The zero-order chi connectivity index (χ0) is 10.3. The smallest absolute Gasteiger partial charge is 0.104 e. The normalized spacial score (nSPS) is 30.9. The van der Waals surface area contributed by atoms with E-state index in [0.29, 0.717) is 5.25 Å². The van der Waals surface area contributed by atoms with Crippen LogP contribution in [0, 0.1) is 0 Å².